The van der Waals surface area contributed by atoms with Gasteiger partial charge >= 0.3 is 5.69 Å². The SMILES string of the molecule is C=CCN1C(=O)COc2ccc(C(=O)C(C)n3c(=O)[nH]c4sc(C)cc4c3=O)cc21. The van der Waals surface area contributed by atoms with Crippen molar-refractivity contribution in [2.24, 2.45) is 0 Å². The molecule has 1 N–H and O–H groups in total. The first-order chi connectivity index (χ1) is 14.3. The summed E-state index contributed by atoms with van der Waals surface area (Å²) in [5.74, 6) is -0.190. The molecular formula is C21H19N3O5S. The van der Waals surface area contributed by atoms with Crippen molar-refractivity contribution in [2.75, 3.05) is 18.1 Å². The first kappa shape index (κ1) is 19.8. The van der Waals surface area contributed by atoms with Crippen molar-refractivity contribution in [3.05, 3.63) is 68.2 Å². The van der Waals surface area contributed by atoms with E-state index in [1.54, 1.807) is 30.3 Å². The molecule has 0 spiro atoms. The number of ether oxygens (including phenoxy) is 1. The number of nitrogens with zero attached hydrogens (tertiary/aromatic N) is 2. The van der Waals surface area contributed by atoms with E-state index in [0.29, 0.717) is 21.7 Å². The highest BCUT2D eigenvalue weighted by Gasteiger charge is 2.28. The van der Waals surface area contributed by atoms with Crippen molar-refractivity contribution in [1.29, 1.82) is 0 Å². The summed E-state index contributed by atoms with van der Waals surface area (Å²) in [5.41, 5.74) is -0.431. The fourth-order valence-electron chi connectivity index (χ4n) is 3.54. The number of Topliss-reactive ketones (excluding diaryl/α,β-unsaturated/α-hetero) is 1. The highest BCUT2D eigenvalue weighted by Crippen LogP contribution is 2.33. The van der Waals surface area contributed by atoms with Gasteiger partial charge < -0.3 is 9.64 Å². The van der Waals surface area contributed by atoms with Crippen LogP contribution in [0.25, 0.3) is 10.2 Å². The maximum Gasteiger partial charge on any atom is 0.330 e. The number of amides is 1. The largest absolute Gasteiger partial charge is 0.482 e. The number of H-pyrrole nitrogens is 1. The van der Waals surface area contributed by atoms with Crippen LogP contribution in [0.4, 0.5) is 5.69 Å². The number of aromatic nitrogens is 2. The third-order valence-corrected chi connectivity index (χ3v) is 5.97. The Hall–Kier alpha value is -3.46. The summed E-state index contributed by atoms with van der Waals surface area (Å²) in [6.45, 7) is 7.19. The lowest BCUT2D eigenvalue weighted by Crippen LogP contribution is -2.40. The molecule has 8 nitrogen and oxygen atoms in total. The normalized spacial score (nSPS) is 14.3. The zero-order valence-electron chi connectivity index (χ0n) is 16.4. The molecular weight excluding hydrogens is 406 g/mol. The van der Waals surface area contributed by atoms with Gasteiger partial charge in [-0.15, -0.1) is 17.9 Å². The Balaban J connectivity index is 1.76. The monoisotopic (exact) mass is 425 g/mol. The Morgan fingerprint density at radius 1 is 1.33 bits per heavy atom. The molecule has 0 aliphatic carbocycles. The molecule has 1 amide bonds. The second-order valence-electron chi connectivity index (χ2n) is 7.01. The average Bonchev–Trinajstić information content (AvgIpc) is 3.09. The number of benzene rings is 1. The number of carbonyl (C=O) groups excluding carboxylic acids is 2. The second kappa shape index (κ2) is 7.42. The molecule has 3 heterocycles. The van der Waals surface area contributed by atoms with Gasteiger partial charge in [-0.1, -0.05) is 6.08 Å². The number of ketones is 1. The van der Waals surface area contributed by atoms with E-state index >= 15 is 0 Å². The molecule has 2 aromatic heterocycles. The molecule has 1 aliphatic rings. The standard InChI is InChI=1S/C21H19N3O5S/c1-4-7-23-15-9-13(5-6-16(15)29-10-17(23)25)18(26)12(3)24-20(27)14-8-11(2)30-19(14)22-21(24)28/h4-6,8-9,12H,1,7,10H2,2-3H3,(H,22,28). The summed E-state index contributed by atoms with van der Waals surface area (Å²) < 4.78 is 6.37. The average molecular weight is 425 g/mol. The molecule has 0 saturated heterocycles. The van der Waals surface area contributed by atoms with Gasteiger partial charge in [0, 0.05) is 17.0 Å². The summed E-state index contributed by atoms with van der Waals surface area (Å²) in [5, 5.41) is 0.373. The van der Waals surface area contributed by atoms with E-state index in [1.165, 1.54) is 23.2 Å². The molecule has 4 rings (SSSR count). The maximum absolute atomic E-state index is 13.1. The van der Waals surface area contributed by atoms with Gasteiger partial charge in [-0.05, 0) is 38.1 Å². The van der Waals surface area contributed by atoms with Crippen LogP contribution in [0.1, 0.15) is 28.2 Å². The van der Waals surface area contributed by atoms with Crippen LogP contribution in [0, 0.1) is 6.92 Å². The van der Waals surface area contributed by atoms with Crippen LogP contribution in [0.5, 0.6) is 5.75 Å². The first-order valence-corrected chi connectivity index (χ1v) is 10.1. The maximum atomic E-state index is 13.1. The van der Waals surface area contributed by atoms with Gasteiger partial charge in [-0.3, -0.25) is 19.4 Å². The quantitative estimate of drug-likeness (QED) is 0.500. The highest BCUT2D eigenvalue weighted by molar-refractivity contribution is 7.18. The van der Waals surface area contributed by atoms with Gasteiger partial charge in [0.2, 0.25) is 0 Å². The second-order valence-corrected chi connectivity index (χ2v) is 8.27. The number of aromatic amines is 1. The Labute approximate surface area is 175 Å². The Bertz CT molecular complexity index is 1320. The fraction of sp³-hybridized carbons (Fsp3) is 0.238. The third kappa shape index (κ3) is 3.17. The zero-order valence-corrected chi connectivity index (χ0v) is 17.2. The van der Waals surface area contributed by atoms with E-state index in [4.69, 9.17) is 4.74 Å². The lowest BCUT2D eigenvalue weighted by molar-refractivity contribution is -0.121. The van der Waals surface area contributed by atoms with Crippen LogP contribution < -0.4 is 20.9 Å². The predicted molar refractivity (Wildman–Crippen MR) is 115 cm³/mol. The van der Waals surface area contributed by atoms with Crippen LogP contribution in [-0.4, -0.2) is 34.4 Å². The molecule has 9 heteroatoms. The molecule has 1 aromatic carbocycles. The summed E-state index contributed by atoms with van der Waals surface area (Å²) >= 11 is 1.31. The number of nitrogens with one attached hydrogen (secondary N) is 1. The number of hydrogen-bond acceptors (Lipinski definition) is 6. The van der Waals surface area contributed by atoms with Gasteiger partial charge in [0.1, 0.15) is 16.6 Å². The van der Waals surface area contributed by atoms with Crippen LogP contribution in [0.3, 0.4) is 0 Å². The summed E-state index contributed by atoms with van der Waals surface area (Å²) in [6.07, 6.45) is 1.58. The number of aryl methyl sites for hydroxylation is 1. The molecule has 30 heavy (non-hydrogen) atoms. The van der Waals surface area contributed by atoms with Gasteiger partial charge in [0.15, 0.2) is 12.4 Å². The number of fused-ring (bicyclic) bond motifs is 2. The lowest BCUT2D eigenvalue weighted by Gasteiger charge is -2.29. The van der Waals surface area contributed by atoms with Gasteiger partial charge in [0.25, 0.3) is 11.5 Å². The molecule has 0 radical (unpaired) electrons. The molecule has 1 atom stereocenters. The van der Waals surface area contributed by atoms with E-state index in [9.17, 15) is 19.2 Å². The lowest BCUT2D eigenvalue weighted by atomic mass is 10.0. The number of carbonyl (C=O) groups is 2. The Kier molecular flexibility index (Phi) is 4.90. The minimum atomic E-state index is -1.03. The number of hydrogen-bond donors (Lipinski definition) is 1. The molecule has 0 fully saturated rings. The van der Waals surface area contributed by atoms with E-state index in [2.05, 4.69) is 11.6 Å². The summed E-state index contributed by atoms with van der Waals surface area (Å²) in [7, 11) is 0. The van der Waals surface area contributed by atoms with Gasteiger partial charge in [0.05, 0.1) is 11.1 Å². The highest BCUT2D eigenvalue weighted by atomic mass is 32.1. The summed E-state index contributed by atoms with van der Waals surface area (Å²) in [6, 6.07) is 5.38. The molecule has 154 valence electrons. The zero-order chi connectivity index (χ0) is 21.6. The topological polar surface area (TPSA) is 101 Å². The van der Waals surface area contributed by atoms with Crippen LogP contribution >= 0.6 is 11.3 Å². The van der Waals surface area contributed by atoms with Gasteiger partial charge in [-0.2, -0.15) is 0 Å². The number of rotatable bonds is 5. The molecule has 0 saturated carbocycles. The van der Waals surface area contributed by atoms with E-state index < -0.39 is 23.1 Å². The van der Waals surface area contributed by atoms with Crippen molar-refractivity contribution >= 4 is 38.9 Å². The first-order valence-electron chi connectivity index (χ1n) is 9.29. The molecule has 3 aromatic rings. The van der Waals surface area contributed by atoms with Gasteiger partial charge in [-0.25, -0.2) is 9.36 Å². The molecule has 0 bridgehead atoms. The van der Waals surface area contributed by atoms with Crippen molar-refractivity contribution in [2.45, 2.75) is 19.9 Å². The summed E-state index contributed by atoms with van der Waals surface area (Å²) in [4.78, 5) is 56.3. The van der Waals surface area contributed by atoms with Crippen LogP contribution in [0.15, 0.2) is 46.5 Å². The third-order valence-electron chi connectivity index (χ3n) is 5.01. The smallest absolute Gasteiger partial charge is 0.330 e. The molecule has 1 aliphatic heterocycles. The van der Waals surface area contributed by atoms with Crippen molar-refractivity contribution in [3.63, 3.8) is 0 Å². The predicted octanol–water partition coefficient (Wildman–Crippen LogP) is 2.42. The minimum Gasteiger partial charge on any atom is -0.482 e. The minimum absolute atomic E-state index is 0.0879. The van der Waals surface area contributed by atoms with Crippen molar-refractivity contribution in [3.8, 4) is 5.75 Å². The van der Waals surface area contributed by atoms with Crippen molar-refractivity contribution < 1.29 is 14.3 Å². The number of anilines is 1. The fourth-order valence-corrected chi connectivity index (χ4v) is 4.43. The van der Waals surface area contributed by atoms with Crippen LogP contribution in [0.2, 0.25) is 0 Å². The molecule has 1 unspecified atom stereocenters. The van der Waals surface area contributed by atoms with E-state index in [-0.39, 0.29) is 24.6 Å². The van der Waals surface area contributed by atoms with E-state index in [0.717, 1.165) is 9.44 Å². The van der Waals surface area contributed by atoms with Crippen LogP contribution in [-0.2, 0) is 4.79 Å². The Morgan fingerprint density at radius 2 is 2.10 bits per heavy atom. The Morgan fingerprint density at radius 3 is 2.83 bits per heavy atom. The number of thiophene rings is 1. The van der Waals surface area contributed by atoms with Crippen molar-refractivity contribution in [1.82, 2.24) is 9.55 Å². The van der Waals surface area contributed by atoms with E-state index in [1.807, 2.05) is 6.92 Å².